The summed E-state index contributed by atoms with van der Waals surface area (Å²) in [5, 5.41) is 4.59. The van der Waals surface area contributed by atoms with Crippen LogP contribution < -0.4 is 9.86 Å². The molecule has 1 aromatic carbocycles. The van der Waals surface area contributed by atoms with Gasteiger partial charge in [-0.3, -0.25) is 4.72 Å². The van der Waals surface area contributed by atoms with Crippen LogP contribution in [-0.2, 0) is 45.0 Å². The van der Waals surface area contributed by atoms with E-state index in [0.717, 1.165) is 29.7 Å². The highest BCUT2D eigenvalue weighted by Gasteiger charge is 2.27. The smallest absolute Gasteiger partial charge is 0.348 e. The van der Waals surface area contributed by atoms with Crippen LogP contribution in [0.2, 0.25) is 0 Å². The molecule has 0 saturated heterocycles. The van der Waals surface area contributed by atoms with Crippen LogP contribution >= 0.6 is 0 Å². The fourth-order valence-corrected chi connectivity index (χ4v) is 4.70. The number of benzene rings is 1. The first-order valence-electron chi connectivity index (χ1n) is 9.82. The van der Waals surface area contributed by atoms with Gasteiger partial charge in [-0.15, -0.1) is 0 Å². The second kappa shape index (κ2) is 9.72. The SMILES string of the molecule is CC/C(=C/C(=O)OS(N)(=O)=O)C(=O)OS(=O)(=O)Nc1cccc2c1CCCC2c1cnc[nH]1. The van der Waals surface area contributed by atoms with Gasteiger partial charge in [0.15, 0.2) is 0 Å². The fraction of sp³-hybridized carbons (Fsp3) is 0.316. The number of nitrogens with two attached hydrogens (primary N) is 1. The summed E-state index contributed by atoms with van der Waals surface area (Å²) in [6.07, 6.45) is 5.95. The van der Waals surface area contributed by atoms with E-state index in [4.69, 9.17) is 0 Å². The molecule has 0 spiro atoms. The lowest BCUT2D eigenvalue weighted by molar-refractivity contribution is -0.132. The lowest BCUT2D eigenvalue weighted by Gasteiger charge is -2.26. The molecule has 0 radical (unpaired) electrons. The molecule has 1 atom stereocenters. The number of nitrogens with zero attached hydrogens (tertiary/aromatic N) is 1. The number of hydrogen-bond donors (Lipinski definition) is 3. The highest BCUT2D eigenvalue weighted by atomic mass is 32.2. The topological polar surface area (TPSA) is 188 Å². The molecule has 2 aromatic rings. The van der Waals surface area contributed by atoms with Gasteiger partial charge in [0.25, 0.3) is 0 Å². The van der Waals surface area contributed by atoms with Gasteiger partial charge < -0.3 is 13.4 Å². The quantitative estimate of drug-likeness (QED) is 0.449. The Hall–Kier alpha value is -3.23. The average Bonchev–Trinajstić information content (AvgIpc) is 3.24. The summed E-state index contributed by atoms with van der Waals surface area (Å²) < 4.78 is 57.4. The largest absolute Gasteiger partial charge is 0.410 e. The highest BCUT2D eigenvalue weighted by molar-refractivity contribution is 7.88. The van der Waals surface area contributed by atoms with Gasteiger partial charge in [0, 0.05) is 29.5 Å². The van der Waals surface area contributed by atoms with E-state index in [1.54, 1.807) is 24.7 Å². The van der Waals surface area contributed by atoms with E-state index in [0.29, 0.717) is 12.5 Å². The molecule has 12 nitrogen and oxygen atoms in total. The van der Waals surface area contributed by atoms with Crippen LogP contribution in [0.3, 0.4) is 0 Å². The normalized spacial score (nSPS) is 16.5. The number of nitrogens with one attached hydrogen (secondary N) is 2. The number of carbonyl (C=O) groups excluding carboxylic acids is 2. The molecule has 1 aromatic heterocycles. The third-order valence-corrected chi connectivity index (χ3v) is 6.19. The van der Waals surface area contributed by atoms with Crippen LogP contribution in [0.1, 0.15) is 48.9 Å². The summed E-state index contributed by atoms with van der Waals surface area (Å²) in [6, 6.07) is 5.15. The molecule has 0 amide bonds. The molecule has 33 heavy (non-hydrogen) atoms. The second-order valence-electron chi connectivity index (χ2n) is 7.17. The Morgan fingerprint density at radius 1 is 1.27 bits per heavy atom. The van der Waals surface area contributed by atoms with E-state index < -0.39 is 38.1 Å². The minimum atomic E-state index is -4.62. The minimum absolute atomic E-state index is 0.0164. The molecule has 14 heteroatoms. The summed E-state index contributed by atoms with van der Waals surface area (Å²) >= 11 is 0. The number of aromatic amines is 1. The summed E-state index contributed by atoms with van der Waals surface area (Å²) in [5.41, 5.74) is 2.44. The first-order valence-corrected chi connectivity index (χ1v) is 12.7. The number of aromatic nitrogens is 2. The number of carbonyl (C=O) groups is 2. The molecule has 4 N–H and O–H groups in total. The third kappa shape index (κ3) is 6.40. The van der Waals surface area contributed by atoms with Gasteiger partial charge >= 0.3 is 32.5 Å². The summed E-state index contributed by atoms with van der Waals surface area (Å²) in [6.45, 7) is 1.43. The van der Waals surface area contributed by atoms with E-state index in [1.807, 2.05) is 6.07 Å². The number of rotatable bonds is 8. The van der Waals surface area contributed by atoms with Crippen molar-refractivity contribution in [2.24, 2.45) is 5.14 Å². The third-order valence-electron chi connectivity index (χ3n) is 4.96. The van der Waals surface area contributed by atoms with Crippen LogP contribution in [0.25, 0.3) is 0 Å². The van der Waals surface area contributed by atoms with Gasteiger partial charge in [-0.1, -0.05) is 19.1 Å². The van der Waals surface area contributed by atoms with Crippen molar-refractivity contribution < 1.29 is 34.8 Å². The lowest BCUT2D eigenvalue weighted by Crippen LogP contribution is -2.24. The van der Waals surface area contributed by atoms with Crippen molar-refractivity contribution in [2.45, 2.75) is 38.5 Å². The van der Waals surface area contributed by atoms with E-state index in [9.17, 15) is 26.4 Å². The van der Waals surface area contributed by atoms with Crippen LogP contribution in [0.5, 0.6) is 0 Å². The Kier molecular flexibility index (Phi) is 7.19. The van der Waals surface area contributed by atoms with Crippen molar-refractivity contribution in [3.63, 3.8) is 0 Å². The highest BCUT2D eigenvalue weighted by Crippen LogP contribution is 2.39. The number of H-pyrrole nitrogens is 1. The standard InChI is InChI=1S/C19H22N4O8S2/c1-2-12(9-18(24)30-32(20,26)27)19(25)31-33(28,29)23-16-8-4-5-13-14(16)6-3-7-15(13)17-10-21-11-22-17/h4-5,8-11,15,23H,2-3,6-7H2,1H3,(H,21,22)(H2,20,26,27)/b12-9-. The molecule has 0 bridgehead atoms. The number of anilines is 1. The maximum atomic E-state index is 12.5. The summed E-state index contributed by atoms with van der Waals surface area (Å²) in [7, 11) is -9.21. The number of imidazole rings is 1. The zero-order chi connectivity index (χ0) is 24.2. The van der Waals surface area contributed by atoms with Crippen molar-refractivity contribution in [1.82, 2.24) is 9.97 Å². The first kappa shape index (κ1) is 24.4. The Morgan fingerprint density at radius 2 is 2.03 bits per heavy atom. The van der Waals surface area contributed by atoms with Crippen molar-refractivity contribution >= 4 is 38.2 Å². The van der Waals surface area contributed by atoms with Gasteiger partial charge in [0.05, 0.1) is 12.0 Å². The Morgan fingerprint density at radius 3 is 2.67 bits per heavy atom. The van der Waals surface area contributed by atoms with Gasteiger partial charge in [0.1, 0.15) is 0 Å². The molecule has 3 rings (SSSR count). The van der Waals surface area contributed by atoms with Crippen LogP contribution in [0.4, 0.5) is 5.69 Å². The predicted molar refractivity (Wildman–Crippen MR) is 116 cm³/mol. The maximum Gasteiger partial charge on any atom is 0.410 e. The zero-order valence-electron chi connectivity index (χ0n) is 17.5. The van der Waals surface area contributed by atoms with Crippen molar-refractivity contribution in [3.8, 4) is 0 Å². The molecule has 0 fully saturated rings. The number of fused-ring (bicyclic) bond motifs is 1. The summed E-state index contributed by atoms with van der Waals surface area (Å²) in [4.78, 5) is 30.9. The molecule has 1 heterocycles. The second-order valence-corrected chi connectivity index (χ2v) is 9.60. The molecule has 0 aliphatic heterocycles. The van der Waals surface area contributed by atoms with E-state index in [-0.39, 0.29) is 18.0 Å². The average molecular weight is 499 g/mol. The lowest BCUT2D eigenvalue weighted by atomic mass is 9.80. The first-order chi connectivity index (χ1) is 15.5. The molecule has 178 valence electrons. The van der Waals surface area contributed by atoms with Gasteiger partial charge in [-0.2, -0.15) is 22.0 Å². The van der Waals surface area contributed by atoms with Crippen LogP contribution in [-0.4, -0.2) is 38.7 Å². The van der Waals surface area contributed by atoms with E-state index >= 15 is 0 Å². The molecular weight excluding hydrogens is 476 g/mol. The Balaban J connectivity index is 1.79. The minimum Gasteiger partial charge on any atom is -0.348 e. The monoisotopic (exact) mass is 498 g/mol. The fourth-order valence-electron chi connectivity index (χ4n) is 3.62. The summed E-state index contributed by atoms with van der Waals surface area (Å²) in [5.74, 6) is -2.81. The van der Waals surface area contributed by atoms with Crippen molar-refractivity contribution in [2.75, 3.05) is 4.72 Å². The number of hydrogen-bond acceptors (Lipinski definition) is 9. The van der Waals surface area contributed by atoms with Crippen LogP contribution in [0.15, 0.2) is 42.4 Å². The maximum absolute atomic E-state index is 12.5. The molecule has 1 unspecified atom stereocenters. The van der Waals surface area contributed by atoms with Gasteiger partial charge in [0.2, 0.25) is 0 Å². The Labute approximate surface area is 190 Å². The van der Waals surface area contributed by atoms with Crippen LogP contribution in [0, 0.1) is 0 Å². The predicted octanol–water partition coefficient (Wildman–Crippen LogP) is 1.16. The van der Waals surface area contributed by atoms with E-state index in [2.05, 4.69) is 28.2 Å². The molecule has 1 aliphatic rings. The molecule has 0 saturated carbocycles. The zero-order valence-corrected chi connectivity index (χ0v) is 19.1. The molecular formula is C19H22N4O8S2. The van der Waals surface area contributed by atoms with E-state index in [1.165, 1.54) is 6.92 Å². The van der Waals surface area contributed by atoms with Gasteiger partial charge in [-0.05, 0) is 42.9 Å². The van der Waals surface area contributed by atoms with Gasteiger partial charge in [-0.25, -0.2) is 14.6 Å². The molecule has 1 aliphatic carbocycles. The van der Waals surface area contributed by atoms with Crippen molar-refractivity contribution in [1.29, 1.82) is 0 Å². The van der Waals surface area contributed by atoms with Crippen molar-refractivity contribution in [3.05, 3.63) is 59.2 Å². The Bertz CT molecular complexity index is 1290.